The first-order valence-electron chi connectivity index (χ1n) is 8.23. The molecule has 1 heterocycles. The van der Waals surface area contributed by atoms with E-state index < -0.39 is 18.3 Å². The van der Waals surface area contributed by atoms with Crippen molar-refractivity contribution in [3.8, 4) is 0 Å². The van der Waals surface area contributed by atoms with Gasteiger partial charge in [0.05, 0.1) is 11.2 Å². The van der Waals surface area contributed by atoms with E-state index in [-0.39, 0.29) is 5.91 Å². The highest BCUT2D eigenvalue weighted by molar-refractivity contribution is 7.80. The first-order chi connectivity index (χ1) is 11.5. The van der Waals surface area contributed by atoms with E-state index in [0.29, 0.717) is 11.5 Å². The molecule has 0 unspecified atom stereocenters. The number of carbonyl (C=O) groups excluding carboxylic acids is 1. The summed E-state index contributed by atoms with van der Waals surface area (Å²) in [5, 5.41) is 2.81. The monoisotopic (exact) mass is 360 g/mol. The molecule has 1 amide bonds. The van der Waals surface area contributed by atoms with E-state index in [4.69, 9.17) is 27.3 Å². The summed E-state index contributed by atoms with van der Waals surface area (Å²) in [7, 11) is -0.559. The molecule has 5 nitrogen and oxygen atoms in total. The van der Waals surface area contributed by atoms with E-state index >= 15 is 0 Å². The zero-order valence-corrected chi connectivity index (χ0v) is 16.2. The summed E-state index contributed by atoms with van der Waals surface area (Å²) in [6.07, 6.45) is 1.92. The molecule has 1 aliphatic heterocycles. The van der Waals surface area contributed by atoms with Gasteiger partial charge in [-0.15, -0.1) is 0 Å². The van der Waals surface area contributed by atoms with Crippen LogP contribution in [0, 0.1) is 0 Å². The van der Waals surface area contributed by atoms with Crippen molar-refractivity contribution in [2.45, 2.75) is 45.8 Å². The predicted octanol–water partition coefficient (Wildman–Crippen LogP) is 2.47. The number of rotatable bonds is 5. The number of hydrogen-bond acceptors (Lipinski definition) is 4. The third kappa shape index (κ3) is 4.48. The van der Waals surface area contributed by atoms with Crippen LogP contribution in [-0.4, -0.2) is 35.8 Å². The Labute approximate surface area is 155 Å². The molecule has 0 radical (unpaired) electrons. The standard InChI is InChI=1S/C18H25BN2O3S/c1-12(22)21-11-14(19-23-17(2,3)18(4,5)24-19)10-13-8-6-7-9-15(13)16(20)25/h6-10H,11H2,1-5H3,(H2,20,25)(H,21,22). The molecule has 0 aromatic heterocycles. The Morgan fingerprint density at radius 1 is 1.24 bits per heavy atom. The molecule has 1 aromatic carbocycles. The number of amides is 1. The van der Waals surface area contributed by atoms with Gasteiger partial charge in [0.15, 0.2) is 0 Å². The van der Waals surface area contributed by atoms with E-state index in [0.717, 1.165) is 16.6 Å². The first kappa shape index (κ1) is 19.6. The molecule has 0 bridgehead atoms. The molecule has 0 aliphatic carbocycles. The molecular formula is C18H25BN2O3S. The Morgan fingerprint density at radius 3 is 2.32 bits per heavy atom. The van der Waals surface area contributed by atoms with Gasteiger partial charge < -0.3 is 20.4 Å². The highest BCUT2D eigenvalue weighted by atomic mass is 32.1. The summed E-state index contributed by atoms with van der Waals surface area (Å²) in [6, 6.07) is 7.59. The van der Waals surface area contributed by atoms with Gasteiger partial charge in [-0.2, -0.15) is 0 Å². The smallest absolute Gasteiger partial charge is 0.400 e. The lowest BCUT2D eigenvalue weighted by molar-refractivity contribution is -0.118. The Balaban J connectivity index is 2.41. The maximum absolute atomic E-state index is 11.4. The van der Waals surface area contributed by atoms with Crippen molar-refractivity contribution < 1.29 is 14.1 Å². The van der Waals surface area contributed by atoms with Crippen LogP contribution in [0.4, 0.5) is 0 Å². The van der Waals surface area contributed by atoms with Gasteiger partial charge in [-0.1, -0.05) is 42.6 Å². The van der Waals surface area contributed by atoms with Crippen molar-refractivity contribution in [3.05, 3.63) is 40.9 Å². The fourth-order valence-electron chi connectivity index (χ4n) is 2.47. The molecule has 1 aromatic rings. The summed E-state index contributed by atoms with van der Waals surface area (Å²) in [6.45, 7) is 9.76. The van der Waals surface area contributed by atoms with E-state index in [2.05, 4.69) is 5.32 Å². The van der Waals surface area contributed by atoms with Gasteiger partial charge in [-0.05, 0) is 38.7 Å². The number of hydrogen-bond donors (Lipinski definition) is 2. The number of nitrogens with one attached hydrogen (secondary N) is 1. The first-order valence-corrected chi connectivity index (χ1v) is 8.64. The van der Waals surface area contributed by atoms with Crippen LogP contribution in [0.5, 0.6) is 0 Å². The lowest BCUT2D eigenvalue weighted by Gasteiger charge is -2.32. The zero-order chi connectivity index (χ0) is 18.8. The van der Waals surface area contributed by atoms with Crippen LogP contribution >= 0.6 is 12.2 Å². The molecular weight excluding hydrogens is 335 g/mol. The second kappa shape index (κ2) is 7.27. The Morgan fingerprint density at radius 2 is 1.80 bits per heavy atom. The molecule has 2 rings (SSSR count). The minimum absolute atomic E-state index is 0.120. The van der Waals surface area contributed by atoms with E-state index in [1.807, 2.05) is 58.0 Å². The maximum atomic E-state index is 11.4. The zero-order valence-electron chi connectivity index (χ0n) is 15.4. The predicted molar refractivity (Wildman–Crippen MR) is 105 cm³/mol. The van der Waals surface area contributed by atoms with Crippen LogP contribution < -0.4 is 11.1 Å². The SMILES string of the molecule is CC(=O)NCC(=Cc1ccccc1C(N)=S)B1OC(C)(C)C(C)(C)O1. The molecule has 1 saturated heterocycles. The highest BCUT2D eigenvalue weighted by Gasteiger charge is 2.52. The summed E-state index contributed by atoms with van der Waals surface area (Å²) in [5.41, 5.74) is 7.34. The van der Waals surface area contributed by atoms with Crippen LogP contribution in [0.25, 0.3) is 6.08 Å². The molecule has 25 heavy (non-hydrogen) atoms. The van der Waals surface area contributed by atoms with Crippen LogP contribution in [0.2, 0.25) is 0 Å². The molecule has 3 N–H and O–H groups in total. The summed E-state index contributed by atoms with van der Waals surface area (Å²) in [5.74, 6) is -0.120. The second-order valence-electron chi connectivity index (χ2n) is 7.17. The topological polar surface area (TPSA) is 73.6 Å². The molecule has 0 saturated carbocycles. The van der Waals surface area contributed by atoms with Gasteiger partial charge >= 0.3 is 7.12 Å². The van der Waals surface area contributed by atoms with Crippen molar-refractivity contribution >= 4 is 36.3 Å². The van der Waals surface area contributed by atoms with Crippen molar-refractivity contribution in [1.82, 2.24) is 5.32 Å². The maximum Gasteiger partial charge on any atom is 0.492 e. The van der Waals surface area contributed by atoms with E-state index in [1.165, 1.54) is 6.92 Å². The van der Waals surface area contributed by atoms with Gasteiger partial charge in [-0.25, -0.2) is 0 Å². The molecule has 0 spiro atoms. The molecule has 1 fully saturated rings. The minimum Gasteiger partial charge on any atom is -0.400 e. The molecule has 134 valence electrons. The largest absolute Gasteiger partial charge is 0.492 e. The van der Waals surface area contributed by atoms with Crippen molar-refractivity contribution in [2.75, 3.05) is 6.54 Å². The minimum atomic E-state index is -0.559. The number of carbonyl (C=O) groups is 1. The number of thiocarbonyl (C=S) groups is 1. The summed E-state index contributed by atoms with van der Waals surface area (Å²) < 4.78 is 12.3. The lowest BCUT2D eigenvalue weighted by atomic mass is 9.76. The quantitative estimate of drug-likeness (QED) is 0.623. The van der Waals surface area contributed by atoms with Gasteiger partial charge in [0.25, 0.3) is 0 Å². The third-order valence-electron chi connectivity index (χ3n) is 4.66. The molecule has 0 atom stereocenters. The molecule has 1 aliphatic rings. The van der Waals surface area contributed by atoms with Crippen molar-refractivity contribution in [3.63, 3.8) is 0 Å². The van der Waals surface area contributed by atoms with Crippen molar-refractivity contribution in [1.29, 1.82) is 0 Å². The average molecular weight is 360 g/mol. The molecule has 7 heteroatoms. The Hall–Kier alpha value is -1.70. The van der Waals surface area contributed by atoms with Gasteiger partial charge in [0, 0.05) is 19.0 Å². The van der Waals surface area contributed by atoms with Crippen LogP contribution in [0.15, 0.2) is 29.7 Å². The summed E-state index contributed by atoms with van der Waals surface area (Å²) in [4.78, 5) is 11.7. The third-order valence-corrected chi connectivity index (χ3v) is 4.88. The average Bonchev–Trinajstić information content (AvgIpc) is 2.71. The van der Waals surface area contributed by atoms with Crippen molar-refractivity contribution in [2.24, 2.45) is 5.73 Å². The highest BCUT2D eigenvalue weighted by Crippen LogP contribution is 2.38. The van der Waals surface area contributed by atoms with Gasteiger partial charge in [0.1, 0.15) is 4.99 Å². The Kier molecular flexibility index (Phi) is 5.71. The second-order valence-corrected chi connectivity index (χ2v) is 7.61. The number of benzene rings is 1. The normalized spacial score (nSPS) is 18.9. The van der Waals surface area contributed by atoms with Crippen LogP contribution in [-0.2, 0) is 14.1 Å². The fraction of sp³-hybridized carbons (Fsp3) is 0.444. The fourth-order valence-corrected chi connectivity index (χ4v) is 2.66. The van der Waals surface area contributed by atoms with E-state index in [9.17, 15) is 4.79 Å². The van der Waals surface area contributed by atoms with Gasteiger partial charge in [-0.3, -0.25) is 4.79 Å². The van der Waals surface area contributed by atoms with Gasteiger partial charge in [0.2, 0.25) is 5.91 Å². The summed E-state index contributed by atoms with van der Waals surface area (Å²) >= 11 is 5.13. The number of nitrogens with two attached hydrogens (primary N) is 1. The lowest BCUT2D eigenvalue weighted by Crippen LogP contribution is -2.41. The van der Waals surface area contributed by atoms with E-state index in [1.54, 1.807) is 0 Å². The van der Waals surface area contributed by atoms with Crippen LogP contribution in [0.1, 0.15) is 45.7 Å². The Bertz CT molecular complexity index is 700. The van der Waals surface area contributed by atoms with Crippen LogP contribution in [0.3, 0.4) is 0 Å².